The smallest absolute Gasteiger partial charge is 0.344 e. The van der Waals surface area contributed by atoms with Gasteiger partial charge in [0.25, 0.3) is 0 Å². The molecule has 0 unspecified atom stereocenters. The van der Waals surface area contributed by atoms with Crippen LogP contribution in [0, 0.1) is 0 Å². The number of hydrogen-bond donors (Lipinski definition) is 0. The highest BCUT2D eigenvalue weighted by molar-refractivity contribution is 8.30. The number of hydrogen-bond acceptors (Lipinski definition) is 5. The first-order valence-corrected chi connectivity index (χ1v) is 14.2. The molecule has 4 rings (SSSR count). The minimum Gasteiger partial charge on any atom is -0.449 e. The molecule has 180 valence electrons. The molecular formula is C27H38N2O3S. The van der Waals surface area contributed by atoms with Gasteiger partial charge in [0.15, 0.2) is 0 Å². The van der Waals surface area contributed by atoms with Crippen LogP contribution in [0.4, 0.5) is 0 Å². The lowest BCUT2D eigenvalue weighted by atomic mass is 10.0. The highest BCUT2D eigenvalue weighted by Gasteiger charge is 2.30. The Morgan fingerprint density at radius 2 is 1.67 bits per heavy atom. The van der Waals surface area contributed by atoms with Gasteiger partial charge in [-0.25, -0.2) is 4.79 Å². The zero-order chi connectivity index (χ0) is 23.8. The van der Waals surface area contributed by atoms with E-state index in [1.165, 1.54) is 5.56 Å². The Bertz CT molecular complexity index is 1190. The summed E-state index contributed by atoms with van der Waals surface area (Å²) in [6.45, 7) is 12.3. The summed E-state index contributed by atoms with van der Waals surface area (Å²) in [6, 6.07) is 12.1. The average molecular weight is 471 g/mol. The first-order valence-electron chi connectivity index (χ1n) is 11.9. The van der Waals surface area contributed by atoms with E-state index in [2.05, 4.69) is 62.3 Å². The van der Waals surface area contributed by atoms with Gasteiger partial charge in [-0.05, 0) is 88.9 Å². The van der Waals surface area contributed by atoms with Crippen molar-refractivity contribution in [1.82, 2.24) is 9.80 Å². The molecule has 1 aliphatic rings. The van der Waals surface area contributed by atoms with Gasteiger partial charge in [-0.2, -0.15) is 0 Å². The number of fused-ring (bicyclic) bond motifs is 3. The van der Waals surface area contributed by atoms with Crippen LogP contribution in [-0.2, 0) is 6.42 Å². The molecule has 0 amide bonds. The molecule has 0 spiro atoms. The molecule has 5 nitrogen and oxygen atoms in total. The SMILES string of the molecule is CN1CCN(CCCc2ccc3c(c2)c(=O)oc2cc(OS(C)(C)C(C)(C)C)ccc23)CC1. The number of benzene rings is 2. The van der Waals surface area contributed by atoms with Gasteiger partial charge in [-0.1, -0.05) is 22.4 Å². The van der Waals surface area contributed by atoms with Gasteiger partial charge in [0.1, 0.15) is 11.3 Å². The summed E-state index contributed by atoms with van der Waals surface area (Å²) in [6.07, 6.45) is 6.40. The molecule has 0 radical (unpaired) electrons. The molecule has 0 aliphatic carbocycles. The fraction of sp³-hybridized carbons (Fsp3) is 0.519. The molecule has 0 saturated carbocycles. The molecule has 0 bridgehead atoms. The highest BCUT2D eigenvalue weighted by atomic mass is 32.3. The van der Waals surface area contributed by atoms with Crippen LogP contribution >= 0.6 is 10.3 Å². The summed E-state index contributed by atoms with van der Waals surface area (Å²) in [7, 11) is 0.861. The number of nitrogens with zero attached hydrogens (tertiary/aromatic N) is 2. The van der Waals surface area contributed by atoms with Gasteiger partial charge in [-0.15, -0.1) is 0 Å². The topological polar surface area (TPSA) is 45.9 Å². The molecule has 2 aromatic carbocycles. The lowest BCUT2D eigenvalue weighted by molar-refractivity contribution is 0.153. The van der Waals surface area contributed by atoms with E-state index in [0.717, 1.165) is 62.1 Å². The van der Waals surface area contributed by atoms with Crippen LogP contribution in [0.3, 0.4) is 0 Å². The van der Waals surface area contributed by atoms with Gasteiger partial charge < -0.3 is 18.4 Å². The average Bonchev–Trinajstić information content (AvgIpc) is 2.74. The maximum absolute atomic E-state index is 12.8. The molecule has 0 atom stereocenters. The van der Waals surface area contributed by atoms with Crippen molar-refractivity contribution < 1.29 is 8.60 Å². The van der Waals surface area contributed by atoms with Gasteiger partial charge in [0, 0.05) is 42.4 Å². The van der Waals surface area contributed by atoms with E-state index in [-0.39, 0.29) is 10.4 Å². The van der Waals surface area contributed by atoms with E-state index in [4.69, 9.17) is 8.60 Å². The quantitative estimate of drug-likeness (QED) is 0.362. The molecule has 0 N–H and O–H groups in total. The number of aryl methyl sites for hydroxylation is 1. The van der Waals surface area contributed by atoms with Crippen molar-refractivity contribution in [2.24, 2.45) is 0 Å². The molecule has 6 heteroatoms. The first-order chi connectivity index (χ1) is 15.5. The zero-order valence-electron chi connectivity index (χ0n) is 20.9. The lowest BCUT2D eigenvalue weighted by Gasteiger charge is -2.43. The summed E-state index contributed by atoms with van der Waals surface area (Å²) in [4.78, 5) is 17.8. The van der Waals surface area contributed by atoms with E-state index in [1.807, 2.05) is 24.3 Å². The standard InChI is InChI=1S/C27H38N2O3S/c1-27(2,3)33(5,6)32-21-10-12-23-22-11-9-20(18-24(22)26(30)31-25(23)19-21)8-7-13-29-16-14-28(4)15-17-29/h9-12,18-19H,7-8,13-17H2,1-6H3. The Morgan fingerprint density at radius 1 is 0.970 bits per heavy atom. The maximum Gasteiger partial charge on any atom is 0.344 e. The maximum atomic E-state index is 12.8. The molecule has 1 aromatic heterocycles. The Balaban J connectivity index is 1.53. The van der Waals surface area contributed by atoms with Crippen LogP contribution in [0.2, 0.25) is 0 Å². The third kappa shape index (κ3) is 5.39. The van der Waals surface area contributed by atoms with Gasteiger partial charge in [0.05, 0.1) is 5.39 Å². The second kappa shape index (κ2) is 9.32. The fourth-order valence-electron chi connectivity index (χ4n) is 4.11. The van der Waals surface area contributed by atoms with Crippen LogP contribution in [0.5, 0.6) is 5.75 Å². The molecule has 3 aromatic rings. The number of rotatable bonds is 6. The highest BCUT2D eigenvalue weighted by Crippen LogP contribution is 2.53. The molecule has 1 saturated heterocycles. The second-order valence-electron chi connectivity index (χ2n) is 10.6. The molecular weight excluding hydrogens is 432 g/mol. The Kier molecular flexibility index (Phi) is 6.81. The summed E-state index contributed by atoms with van der Waals surface area (Å²) >= 11 is 0. The van der Waals surface area contributed by atoms with E-state index < -0.39 is 10.3 Å². The van der Waals surface area contributed by atoms with Crippen molar-refractivity contribution in [2.45, 2.75) is 38.4 Å². The Hall–Kier alpha value is -2.02. The van der Waals surface area contributed by atoms with Crippen molar-refractivity contribution >= 4 is 32.1 Å². The third-order valence-electron chi connectivity index (χ3n) is 7.06. The van der Waals surface area contributed by atoms with Gasteiger partial charge >= 0.3 is 5.63 Å². The van der Waals surface area contributed by atoms with Gasteiger partial charge in [-0.3, -0.25) is 0 Å². The van der Waals surface area contributed by atoms with Crippen LogP contribution in [0.1, 0.15) is 32.8 Å². The van der Waals surface area contributed by atoms with Crippen molar-refractivity contribution in [3.05, 3.63) is 52.4 Å². The first kappa shape index (κ1) is 24.1. The molecule has 33 heavy (non-hydrogen) atoms. The Labute approximate surface area is 199 Å². The summed E-state index contributed by atoms with van der Waals surface area (Å²) < 4.78 is 12.2. The lowest BCUT2D eigenvalue weighted by Crippen LogP contribution is -2.44. The van der Waals surface area contributed by atoms with Gasteiger partial charge in [0.2, 0.25) is 0 Å². The molecule has 1 aliphatic heterocycles. The zero-order valence-corrected chi connectivity index (χ0v) is 21.8. The normalized spacial score (nSPS) is 17.0. The van der Waals surface area contributed by atoms with Crippen LogP contribution < -0.4 is 9.81 Å². The van der Waals surface area contributed by atoms with E-state index in [9.17, 15) is 4.79 Å². The largest absolute Gasteiger partial charge is 0.449 e. The third-order valence-corrected chi connectivity index (χ3v) is 10.6. The predicted octanol–water partition coefficient (Wildman–Crippen LogP) is 5.28. The van der Waals surface area contributed by atoms with Crippen LogP contribution in [0.25, 0.3) is 21.7 Å². The van der Waals surface area contributed by atoms with Crippen LogP contribution in [0.15, 0.2) is 45.6 Å². The molecule has 1 fully saturated rings. The summed E-state index contributed by atoms with van der Waals surface area (Å²) in [5.74, 6) is 0.750. The van der Waals surface area contributed by atoms with E-state index >= 15 is 0 Å². The van der Waals surface area contributed by atoms with E-state index in [0.29, 0.717) is 11.0 Å². The fourth-order valence-corrected chi connectivity index (χ4v) is 4.95. The van der Waals surface area contributed by atoms with Crippen molar-refractivity contribution in [2.75, 3.05) is 52.3 Å². The number of piperazine rings is 1. The second-order valence-corrected chi connectivity index (χ2v) is 14.5. The predicted molar refractivity (Wildman–Crippen MR) is 142 cm³/mol. The summed E-state index contributed by atoms with van der Waals surface area (Å²) in [5, 5.41) is 2.55. The number of likely N-dealkylation sites (N-methyl/N-ethyl adjacent to an activating group) is 1. The van der Waals surface area contributed by atoms with Crippen molar-refractivity contribution in [1.29, 1.82) is 0 Å². The van der Waals surface area contributed by atoms with Crippen molar-refractivity contribution in [3.63, 3.8) is 0 Å². The Morgan fingerprint density at radius 3 is 2.36 bits per heavy atom. The van der Waals surface area contributed by atoms with Crippen molar-refractivity contribution in [3.8, 4) is 5.75 Å². The van der Waals surface area contributed by atoms with E-state index in [1.54, 1.807) is 0 Å². The monoisotopic (exact) mass is 470 g/mol. The molecule has 2 heterocycles. The minimum absolute atomic E-state index is 0.0485. The minimum atomic E-state index is -1.32. The van der Waals surface area contributed by atoms with Crippen LogP contribution in [-0.4, -0.2) is 66.8 Å². The summed E-state index contributed by atoms with van der Waals surface area (Å²) in [5.41, 5.74) is 1.49.